The molecule has 7 nitrogen and oxygen atoms in total. The van der Waals surface area contributed by atoms with E-state index in [1.807, 2.05) is 13.8 Å². The third-order valence-corrected chi connectivity index (χ3v) is 5.86. The molecule has 0 aliphatic rings. The molecule has 0 unspecified atom stereocenters. The Morgan fingerprint density at radius 3 is 2.68 bits per heavy atom. The van der Waals surface area contributed by atoms with Crippen molar-refractivity contribution < 1.29 is 13.2 Å². The molecule has 1 aromatic heterocycles. The summed E-state index contributed by atoms with van der Waals surface area (Å²) in [6, 6.07) is 3.96. The predicted molar refractivity (Wildman–Crippen MR) is 98.9 cm³/mol. The van der Waals surface area contributed by atoms with Crippen LogP contribution in [0.5, 0.6) is 0 Å². The minimum absolute atomic E-state index is 0.0446. The molecule has 2 N–H and O–H groups in total. The van der Waals surface area contributed by atoms with Gasteiger partial charge in [-0.05, 0) is 24.5 Å². The predicted octanol–water partition coefficient (Wildman–Crippen LogP) is 2.30. The maximum atomic E-state index is 12.8. The second kappa shape index (κ2) is 8.68. The Hall–Kier alpha value is -1.58. The van der Waals surface area contributed by atoms with E-state index < -0.39 is 16.1 Å². The zero-order valence-electron chi connectivity index (χ0n) is 14.7. The first-order valence-electron chi connectivity index (χ1n) is 8.38. The lowest BCUT2D eigenvalue weighted by Crippen LogP contribution is -2.49. The van der Waals surface area contributed by atoms with Crippen LogP contribution in [0.4, 0.5) is 0 Å². The summed E-state index contributed by atoms with van der Waals surface area (Å²) in [5, 5.41) is 2.81. The van der Waals surface area contributed by atoms with Crippen LogP contribution < -0.4 is 10.0 Å². The van der Waals surface area contributed by atoms with E-state index in [2.05, 4.69) is 25.7 Å². The zero-order valence-corrected chi connectivity index (χ0v) is 16.3. The fraction of sp³-hybridized carbons (Fsp3) is 0.562. The Bertz CT molecular complexity index is 818. The highest BCUT2D eigenvalue weighted by Crippen LogP contribution is 2.21. The monoisotopic (exact) mass is 384 g/mol. The second-order valence-corrected chi connectivity index (χ2v) is 8.44. The summed E-state index contributed by atoms with van der Waals surface area (Å²) >= 11 is 0.959. The fourth-order valence-electron chi connectivity index (χ4n) is 2.42. The van der Waals surface area contributed by atoms with Gasteiger partial charge in [-0.1, -0.05) is 39.7 Å². The van der Waals surface area contributed by atoms with E-state index in [0.717, 1.165) is 31.0 Å². The topological polar surface area (TPSA) is 101 Å². The summed E-state index contributed by atoms with van der Waals surface area (Å²) in [7, 11) is -3.89. The number of nitrogens with zero attached hydrogens (tertiary/aromatic N) is 2. The van der Waals surface area contributed by atoms with E-state index in [1.54, 1.807) is 12.1 Å². The maximum Gasteiger partial charge on any atom is 0.243 e. The summed E-state index contributed by atoms with van der Waals surface area (Å²) in [6.07, 6.45) is 2.96. The molecule has 0 radical (unpaired) electrons. The molecule has 0 aliphatic carbocycles. The Morgan fingerprint density at radius 2 is 2.00 bits per heavy atom. The quantitative estimate of drug-likeness (QED) is 0.646. The highest BCUT2D eigenvalue weighted by atomic mass is 32.2. The SMILES string of the molecule is CCCCCNC(=O)[C@@H](NS(=O)(=O)c1cccc2nsnc12)C(C)C. The number of fused-ring (bicyclic) bond motifs is 1. The van der Waals surface area contributed by atoms with Gasteiger partial charge in [-0.2, -0.15) is 13.5 Å². The van der Waals surface area contributed by atoms with Gasteiger partial charge in [-0.25, -0.2) is 8.42 Å². The highest BCUT2D eigenvalue weighted by molar-refractivity contribution is 7.89. The zero-order chi connectivity index (χ0) is 18.4. The Balaban J connectivity index is 2.17. The van der Waals surface area contributed by atoms with Crippen molar-refractivity contribution in [1.29, 1.82) is 0 Å². The molecule has 1 amide bonds. The molecule has 25 heavy (non-hydrogen) atoms. The number of amides is 1. The number of unbranched alkanes of at least 4 members (excludes halogenated alkanes) is 2. The number of nitrogens with one attached hydrogen (secondary N) is 2. The summed E-state index contributed by atoms with van der Waals surface area (Å²) < 4.78 is 36.2. The molecule has 138 valence electrons. The van der Waals surface area contributed by atoms with Crippen molar-refractivity contribution >= 4 is 38.7 Å². The van der Waals surface area contributed by atoms with Gasteiger partial charge in [0.15, 0.2) is 0 Å². The average Bonchev–Trinajstić information content (AvgIpc) is 3.04. The summed E-state index contributed by atoms with van der Waals surface area (Å²) in [5.41, 5.74) is 0.851. The van der Waals surface area contributed by atoms with Crippen molar-refractivity contribution in [1.82, 2.24) is 18.8 Å². The highest BCUT2D eigenvalue weighted by Gasteiger charge is 2.29. The lowest BCUT2D eigenvalue weighted by atomic mass is 10.1. The van der Waals surface area contributed by atoms with E-state index in [4.69, 9.17) is 0 Å². The number of hydrogen-bond acceptors (Lipinski definition) is 6. The van der Waals surface area contributed by atoms with Gasteiger partial charge >= 0.3 is 0 Å². The second-order valence-electron chi connectivity index (χ2n) is 6.23. The molecule has 0 bridgehead atoms. The third kappa shape index (κ3) is 4.96. The van der Waals surface area contributed by atoms with Crippen LogP contribution in [0.3, 0.4) is 0 Å². The van der Waals surface area contributed by atoms with Crippen LogP contribution >= 0.6 is 11.7 Å². The van der Waals surface area contributed by atoms with Gasteiger partial charge in [-0.15, -0.1) is 0 Å². The first kappa shape index (κ1) is 19.7. The summed E-state index contributed by atoms with van der Waals surface area (Å²) in [6.45, 7) is 6.25. The van der Waals surface area contributed by atoms with Crippen LogP contribution in [-0.4, -0.2) is 35.7 Å². The molecule has 9 heteroatoms. The maximum absolute atomic E-state index is 12.8. The third-order valence-electron chi connectivity index (χ3n) is 3.85. The smallest absolute Gasteiger partial charge is 0.243 e. The number of benzene rings is 1. The molecule has 1 aromatic carbocycles. The van der Waals surface area contributed by atoms with Crippen molar-refractivity contribution in [3.63, 3.8) is 0 Å². The minimum atomic E-state index is -3.89. The van der Waals surface area contributed by atoms with Crippen LogP contribution in [0.25, 0.3) is 11.0 Å². The van der Waals surface area contributed by atoms with Crippen LogP contribution in [0, 0.1) is 5.92 Å². The molecule has 0 aliphatic heterocycles. The molecular formula is C16H24N4O3S2. The number of carbonyl (C=O) groups excluding carboxylic acids is 1. The van der Waals surface area contributed by atoms with Crippen molar-refractivity contribution in [3.05, 3.63) is 18.2 Å². The molecule has 2 aromatic rings. The lowest BCUT2D eigenvalue weighted by Gasteiger charge is -2.21. The van der Waals surface area contributed by atoms with Crippen molar-refractivity contribution in [3.8, 4) is 0 Å². The van der Waals surface area contributed by atoms with Gasteiger partial charge < -0.3 is 5.32 Å². The van der Waals surface area contributed by atoms with Gasteiger partial charge in [0.25, 0.3) is 0 Å². The standard InChI is InChI=1S/C16H24N4O3S2/c1-4-5-6-10-17-16(21)14(11(2)3)20-25(22,23)13-9-7-8-12-15(13)19-24-18-12/h7-9,11,14,20H,4-6,10H2,1-3H3,(H,17,21)/t14-/m0/s1. The molecule has 0 spiro atoms. The van der Waals surface area contributed by atoms with Crippen LogP contribution in [0.1, 0.15) is 40.0 Å². The number of sulfonamides is 1. The van der Waals surface area contributed by atoms with E-state index >= 15 is 0 Å². The Labute approximate surface area is 152 Å². The first-order valence-corrected chi connectivity index (χ1v) is 10.6. The Kier molecular flexibility index (Phi) is 6.86. The van der Waals surface area contributed by atoms with Gasteiger partial charge in [-0.3, -0.25) is 4.79 Å². The Morgan fingerprint density at radius 1 is 1.24 bits per heavy atom. The summed E-state index contributed by atoms with van der Waals surface area (Å²) in [5.74, 6) is -0.494. The average molecular weight is 385 g/mol. The number of carbonyl (C=O) groups is 1. The molecule has 0 saturated heterocycles. The van der Waals surface area contributed by atoms with Crippen LogP contribution in [-0.2, 0) is 14.8 Å². The van der Waals surface area contributed by atoms with E-state index in [-0.39, 0.29) is 16.7 Å². The van der Waals surface area contributed by atoms with E-state index in [1.165, 1.54) is 6.07 Å². The molecule has 2 rings (SSSR count). The van der Waals surface area contributed by atoms with E-state index in [9.17, 15) is 13.2 Å². The van der Waals surface area contributed by atoms with Crippen LogP contribution in [0.15, 0.2) is 23.1 Å². The number of aromatic nitrogens is 2. The molecular weight excluding hydrogens is 360 g/mol. The first-order chi connectivity index (χ1) is 11.9. The lowest BCUT2D eigenvalue weighted by molar-refractivity contribution is -0.123. The van der Waals surface area contributed by atoms with Gasteiger partial charge in [0.1, 0.15) is 22.0 Å². The number of hydrogen-bond donors (Lipinski definition) is 2. The minimum Gasteiger partial charge on any atom is -0.355 e. The van der Waals surface area contributed by atoms with Gasteiger partial charge in [0.2, 0.25) is 15.9 Å². The van der Waals surface area contributed by atoms with Crippen molar-refractivity contribution in [2.24, 2.45) is 5.92 Å². The molecule has 0 saturated carbocycles. The van der Waals surface area contributed by atoms with Crippen molar-refractivity contribution in [2.75, 3.05) is 6.54 Å². The van der Waals surface area contributed by atoms with Crippen molar-refractivity contribution in [2.45, 2.75) is 51.0 Å². The fourth-order valence-corrected chi connectivity index (χ4v) is 4.53. The van der Waals surface area contributed by atoms with Gasteiger partial charge in [0.05, 0.1) is 11.7 Å². The number of rotatable bonds is 9. The van der Waals surface area contributed by atoms with E-state index in [0.29, 0.717) is 17.6 Å². The molecule has 1 atom stereocenters. The molecule has 0 fully saturated rings. The summed E-state index contributed by atoms with van der Waals surface area (Å²) in [4.78, 5) is 12.5. The normalized spacial score (nSPS) is 13.3. The van der Waals surface area contributed by atoms with Gasteiger partial charge in [0, 0.05) is 6.54 Å². The largest absolute Gasteiger partial charge is 0.355 e. The molecule has 1 heterocycles. The van der Waals surface area contributed by atoms with Crippen LogP contribution in [0.2, 0.25) is 0 Å².